The number of H-pyrrole nitrogens is 1. The Kier molecular flexibility index (Phi) is 2.37. The molecule has 13 heavy (non-hydrogen) atoms. The van der Waals surface area contributed by atoms with Crippen LogP contribution >= 0.6 is 33.9 Å². The van der Waals surface area contributed by atoms with Crippen molar-refractivity contribution in [3.8, 4) is 0 Å². The molecular formula is C8H7IN2OS. The molecule has 0 aliphatic rings. The molecule has 0 aromatic carbocycles. The summed E-state index contributed by atoms with van der Waals surface area (Å²) in [6.07, 6.45) is 2.41. The number of halogens is 1. The van der Waals surface area contributed by atoms with E-state index in [1.807, 2.05) is 0 Å². The summed E-state index contributed by atoms with van der Waals surface area (Å²) < 4.78 is 1.05. The summed E-state index contributed by atoms with van der Waals surface area (Å²) in [5.41, 5.74) is -0.0367. The van der Waals surface area contributed by atoms with Crippen LogP contribution in [-0.2, 0) is 6.42 Å². The largest absolute Gasteiger partial charge is 0.313 e. The second-order valence-corrected chi connectivity index (χ2v) is 4.77. The lowest BCUT2D eigenvalue weighted by atomic mass is 10.3. The lowest BCUT2D eigenvalue weighted by Crippen LogP contribution is -2.05. The highest BCUT2D eigenvalue weighted by atomic mass is 127. The summed E-state index contributed by atoms with van der Waals surface area (Å²) in [4.78, 5) is 20.2. The number of hydrogen-bond acceptors (Lipinski definition) is 3. The molecule has 0 radical (unpaired) electrons. The minimum absolute atomic E-state index is 0.0367. The summed E-state index contributed by atoms with van der Waals surface area (Å²) in [5.74, 6) is 0. The van der Waals surface area contributed by atoms with Crippen LogP contribution in [0.15, 0.2) is 11.1 Å². The highest BCUT2D eigenvalue weighted by molar-refractivity contribution is 14.1. The number of nitrogens with zero attached hydrogens (tertiary/aromatic N) is 1. The second kappa shape index (κ2) is 3.38. The molecule has 0 fully saturated rings. The minimum Gasteiger partial charge on any atom is -0.313 e. The number of fused-ring (bicyclic) bond motifs is 1. The van der Waals surface area contributed by atoms with Crippen molar-refractivity contribution in [2.24, 2.45) is 0 Å². The van der Waals surface area contributed by atoms with E-state index in [1.54, 1.807) is 11.3 Å². The fourth-order valence-electron chi connectivity index (χ4n) is 1.18. The number of hydrogen-bond donors (Lipinski definition) is 1. The molecule has 68 valence electrons. The monoisotopic (exact) mass is 306 g/mol. The predicted molar refractivity (Wildman–Crippen MR) is 62.3 cm³/mol. The summed E-state index contributed by atoms with van der Waals surface area (Å²) in [7, 11) is 0. The van der Waals surface area contributed by atoms with Crippen LogP contribution in [0.4, 0.5) is 0 Å². The third kappa shape index (κ3) is 1.39. The Balaban J connectivity index is 2.93. The summed E-state index contributed by atoms with van der Waals surface area (Å²) in [6.45, 7) is 2.08. The Hall–Kier alpha value is -0.430. The van der Waals surface area contributed by atoms with Crippen molar-refractivity contribution in [1.29, 1.82) is 0 Å². The summed E-state index contributed by atoms with van der Waals surface area (Å²) in [6, 6.07) is 0. The third-order valence-electron chi connectivity index (χ3n) is 1.82. The lowest BCUT2D eigenvalue weighted by Gasteiger charge is -1.88. The molecule has 0 amide bonds. The maximum absolute atomic E-state index is 11.4. The van der Waals surface area contributed by atoms with Gasteiger partial charge in [0, 0.05) is 8.45 Å². The molecule has 0 saturated heterocycles. The number of nitrogens with one attached hydrogen (secondary N) is 1. The highest BCUT2D eigenvalue weighted by Gasteiger charge is 2.11. The van der Waals surface area contributed by atoms with Gasteiger partial charge in [0.1, 0.15) is 4.83 Å². The molecule has 3 nitrogen and oxygen atoms in total. The van der Waals surface area contributed by atoms with Crippen molar-refractivity contribution >= 4 is 44.1 Å². The van der Waals surface area contributed by atoms with Gasteiger partial charge in [0.25, 0.3) is 5.56 Å². The summed E-state index contributed by atoms with van der Waals surface area (Å²) >= 11 is 3.81. The fraction of sp³-hybridized carbons (Fsp3) is 0.250. The number of rotatable bonds is 1. The number of aromatic amines is 1. The molecule has 0 aliphatic heterocycles. The molecule has 5 heteroatoms. The Bertz CT molecular complexity index is 502. The normalized spacial score (nSPS) is 10.9. The average Bonchev–Trinajstić information content (AvgIpc) is 2.44. The van der Waals surface area contributed by atoms with Crippen LogP contribution in [0, 0.1) is 3.57 Å². The van der Waals surface area contributed by atoms with Crippen molar-refractivity contribution in [1.82, 2.24) is 9.97 Å². The van der Waals surface area contributed by atoms with E-state index in [2.05, 4.69) is 39.5 Å². The summed E-state index contributed by atoms with van der Waals surface area (Å²) in [5, 5.41) is 0.741. The van der Waals surface area contributed by atoms with Crippen molar-refractivity contribution in [3.05, 3.63) is 25.1 Å². The minimum atomic E-state index is -0.0367. The Morgan fingerprint density at radius 2 is 2.46 bits per heavy atom. The number of thiophene rings is 1. The van der Waals surface area contributed by atoms with Crippen LogP contribution in [0.25, 0.3) is 10.2 Å². The molecule has 0 saturated carbocycles. The van der Waals surface area contributed by atoms with Gasteiger partial charge in [-0.05, 0) is 29.0 Å². The van der Waals surface area contributed by atoms with E-state index in [9.17, 15) is 4.79 Å². The van der Waals surface area contributed by atoms with E-state index in [4.69, 9.17) is 0 Å². The van der Waals surface area contributed by atoms with Gasteiger partial charge in [-0.25, -0.2) is 4.98 Å². The molecular weight excluding hydrogens is 299 g/mol. The van der Waals surface area contributed by atoms with Gasteiger partial charge in [-0.1, -0.05) is 6.92 Å². The van der Waals surface area contributed by atoms with E-state index in [1.165, 1.54) is 11.2 Å². The zero-order valence-electron chi connectivity index (χ0n) is 6.93. The first-order valence-electron chi connectivity index (χ1n) is 3.88. The van der Waals surface area contributed by atoms with E-state index < -0.39 is 0 Å². The standard InChI is InChI=1S/C8H7IN2OS/c1-2-4-6(9)5-7(12)10-3-11-8(5)13-4/h3H,2H2,1H3,(H,10,11,12). The van der Waals surface area contributed by atoms with Crippen molar-refractivity contribution in [2.45, 2.75) is 13.3 Å². The molecule has 1 N–H and O–H groups in total. The molecule has 2 rings (SSSR count). The molecule has 2 aromatic heterocycles. The Labute approximate surface area is 92.3 Å². The first kappa shape index (κ1) is 9.14. The molecule has 0 bridgehead atoms. The van der Waals surface area contributed by atoms with Gasteiger partial charge in [0.05, 0.1) is 11.7 Å². The topological polar surface area (TPSA) is 45.8 Å². The lowest BCUT2D eigenvalue weighted by molar-refractivity contribution is 1.16. The number of aromatic nitrogens is 2. The molecule has 0 atom stereocenters. The molecule has 2 aromatic rings. The van der Waals surface area contributed by atoms with Gasteiger partial charge >= 0.3 is 0 Å². The van der Waals surface area contributed by atoms with Crippen molar-refractivity contribution in [2.75, 3.05) is 0 Å². The predicted octanol–water partition coefficient (Wildman–Crippen LogP) is 2.15. The molecule has 2 heterocycles. The van der Waals surface area contributed by atoms with Crippen molar-refractivity contribution in [3.63, 3.8) is 0 Å². The molecule has 0 aliphatic carbocycles. The van der Waals surface area contributed by atoms with Gasteiger partial charge in [-0.3, -0.25) is 4.79 Å². The highest BCUT2D eigenvalue weighted by Crippen LogP contribution is 2.28. The van der Waals surface area contributed by atoms with Gasteiger partial charge in [-0.15, -0.1) is 11.3 Å². The quantitative estimate of drug-likeness (QED) is 0.821. The van der Waals surface area contributed by atoms with Gasteiger partial charge in [0.2, 0.25) is 0 Å². The van der Waals surface area contributed by atoms with Crippen molar-refractivity contribution < 1.29 is 0 Å². The van der Waals surface area contributed by atoms with Crippen LogP contribution in [-0.4, -0.2) is 9.97 Å². The number of aryl methyl sites for hydroxylation is 1. The van der Waals surface area contributed by atoms with Crippen LogP contribution < -0.4 is 5.56 Å². The van der Waals surface area contributed by atoms with Crippen LogP contribution in [0.5, 0.6) is 0 Å². The average molecular weight is 306 g/mol. The zero-order valence-corrected chi connectivity index (χ0v) is 9.90. The molecule has 0 spiro atoms. The van der Waals surface area contributed by atoms with Crippen LogP contribution in [0.2, 0.25) is 0 Å². The first-order valence-corrected chi connectivity index (χ1v) is 5.78. The zero-order chi connectivity index (χ0) is 9.42. The maximum Gasteiger partial charge on any atom is 0.260 e. The van der Waals surface area contributed by atoms with Gasteiger partial charge in [0.15, 0.2) is 0 Å². The molecule has 0 unspecified atom stereocenters. The fourth-order valence-corrected chi connectivity index (χ4v) is 3.55. The van der Waals surface area contributed by atoms with E-state index >= 15 is 0 Å². The van der Waals surface area contributed by atoms with Gasteiger partial charge in [-0.2, -0.15) is 0 Å². The van der Waals surface area contributed by atoms with Gasteiger partial charge < -0.3 is 4.98 Å². The van der Waals surface area contributed by atoms with E-state index in [0.29, 0.717) is 0 Å². The third-order valence-corrected chi connectivity index (χ3v) is 4.62. The smallest absolute Gasteiger partial charge is 0.260 e. The van der Waals surface area contributed by atoms with Crippen LogP contribution in [0.1, 0.15) is 11.8 Å². The Morgan fingerprint density at radius 3 is 3.08 bits per heavy atom. The van der Waals surface area contributed by atoms with Crippen LogP contribution in [0.3, 0.4) is 0 Å². The van der Waals surface area contributed by atoms with E-state index in [0.717, 1.165) is 20.2 Å². The Morgan fingerprint density at radius 1 is 1.69 bits per heavy atom. The maximum atomic E-state index is 11.4. The second-order valence-electron chi connectivity index (χ2n) is 2.60. The first-order chi connectivity index (χ1) is 6.24. The SMILES string of the molecule is CCc1sc2nc[nH]c(=O)c2c1I. The van der Waals surface area contributed by atoms with E-state index in [-0.39, 0.29) is 5.56 Å².